The number of thiophene rings is 1. The van der Waals surface area contributed by atoms with Crippen molar-refractivity contribution in [1.29, 1.82) is 0 Å². The molecule has 0 bridgehead atoms. The minimum atomic E-state index is -1.12. The summed E-state index contributed by atoms with van der Waals surface area (Å²) >= 11 is 1.63. The van der Waals surface area contributed by atoms with Crippen LogP contribution in [0, 0.1) is 5.82 Å². The number of fused-ring (bicyclic) bond motifs is 1. The predicted molar refractivity (Wildman–Crippen MR) is 102 cm³/mol. The van der Waals surface area contributed by atoms with E-state index >= 15 is 0 Å². The first kappa shape index (κ1) is 18.5. The molecule has 0 saturated carbocycles. The van der Waals surface area contributed by atoms with Gasteiger partial charge in [0, 0.05) is 22.4 Å². The second-order valence-electron chi connectivity index (χ2n) is 6.93. The number of benzene rings is 2. The smallest absolute Gasteiger partial charge is 0.126 e. The zero-order chi connectivity index (χ0) is 19.0. The molecule has 2 aromatic carbocycles. The van der Waals surface area contributed by atoms with Crippen LogP contribution in [0.2, 0.25) is 0 Å². The molecule has 0 spiro atoms. The van der Waals surface area contributed by atoms with E-state index in [-0.39, 0.29) is 18.8 Å². The molecule has 0 amide bonds. The third-order valence-electron chi connectivity index (χ3n) is 4.99. The second kappa shape index (κ2) is 7.66. The van der Waals surface area contributed by atoms with Gasteiger partial charge in [-0.2, -0.15) is 0 Å². The van der Waals surface area contributed by atoms with Crippen molar-refractivity contribution in [1.82, 2.24) is 0 Å². The number of hydrogen-bond acceptors (Lipinski definition) is 5. The lowest BCUT2D eigenvalue weighted by molar-refractivity contribution is -0.179. The van der Waals surface area contributed by atoms with Crippen LogP contribution in [0.25, 0.3) is 10.1 Å². The van der Waals surface area contributed by atoms with Crippen molar-refractivity contribution < 1.29 is 24.4 Å². The molecule has 142 valence electrons. The summed E-state index contributed by atoms with van der Waals surface area (Å²) < 4.78 is 21.3. The van der Waals surface area contributed by atoms with Crippen molar-refractivity contribution in [2.45, 2.75) is 37.3 Å². The van der Waals surface area contributed by atoms with Crippen molar-refractivity contribution in [2.75, 3.05) is 6.61 Å². The van der Waals surface area contributed by atoms with Crippen molar-refractivity contribution in [3.63, 3.8) is 0 Å². The molecule has 0 radical (unpaired) electrons. The van der Waals surface area contributed by atoms with Gasteiger partial charge in [-0.1, -0.05) is 24.3 Å². The first-order valence-corrected chi connectivity index (χ1v) is 9.75. The third kappa shape index (κ3) is 3.77. The summed E-state index contributed by atoms with van der Waals surface area (Å²) in [5.74, 6) is -0.319. The van der Waals surface area contributed by atoms with Gasteiger partial charge >= 0.3 is 0 Å². The first-order chi connectivity index (χ1) is 13.0. The van der Waals surface area contributed by atoms with Crippen LogP contribution in [-0.4, -0.2) is 40.2 Å². The molecule has 2 heterocycles. The minimum Gasteiger partial charge on any atom is -0.394 e. The Bertz CT molecular complexity index is 908. The number of aliphatic hydroxyl groups excluding tert-OH is 3. The molecule has 4 atom stereocenters. The van der Waals surface area contributed by atoms with Crippen LogP contribution in [0.15, 0.2) is 48.5 Å². The summed E-state index contributed by atoms with van der Waals surface area (Å²) in [5, 5.41) is 30.8. The van der Waals surface area contributed by atoms with E-state index in [1.807, 2.05) is 24.3 Å². The fraction of sp³-hybridized carbons (Fsp3) is 0.333. The Kier molecular flexibility index (Phi) is 5.25. The molecule has 0 unspecified atom stereocenters. The lowest BCUT2D eigenvalue weighted by atomic mass is 9.92. The van der Waals surface area contributed by atoms with E-state index in [4.69, 9.17) is 4.74 Å². The van der Waals surface area contributed by atoms with E-state index < -0.39 is 24.4 Å². The lowest BCUT2D eigenvalue weighted by Gasteiger charge is -2.37. The van der Waals surface area contributed by atoms with E-state index in [0.717, 1.165) is 15.0 Å². The normalized spacial score (nSPS) is 25.8. The maximum Gasteiger partial charge on any atom is 0.126 e. The van der Waals surface area contributed by atoms with Gasteiger partial charge in [0.2, 0.25) is 0 Å². The number of ether oxygens (including phenoxy) is 1. The molecule has 1 fully saturated rings. The third-order valence-corrected chi connectivity index (χ3v) is 6.11. The molecule has 3 aromatic rings. The Hall–Kier alpha value is -1.83. The van der Waals surface area contributed by atoms with E-state index in [1.165, 1.54) is 6.07 Å². The van der Waals surface area contributed by atoms with E-state index in [9.17, 15) is 19.7 Å². The number of hydrogen-bond donors (Lipinski definition) is 3. The van der Waals surface area contributed by atoms with Gasteiger partial charge in [0.05, 0.1) is 18.8 Å². The van der Waals surface area contributed by atoms with Gasteiger partial charge in [-0.25, -0.2) is 4.39 Å². The fourth-order valence-corrected chi connectivity index (χ4v) is 4.65. The van der Waals surface area contributed by atoms with Gasteiger partial charge in [0.15, 0.2) is 0 Å². The van der Waals surface area contributed by atoms with E-state index in [1.54, 1.807) is 23.5 Å². The minimum absolute atomic E-state index is 0.171. The molecule has 1 saturated heterocycles. The zero-order valence-electron chi connectivity index (χ0n) is 14.6. The molecule has 1 aliphatic heterocycles. The predicted octanol–water partition coefficient (Wildman–Crippen LogP) is 3.18. The maximum atomic E-state index is 14.4. The standard InChI is InChI=1S/C21H21FO4S/c22-17-6-5-13(21-20(25)18(24)10-15(11-23)26-21)7-14(17)9-16-8-12-3-1-2-4-19(12)27-16/h1-8,15,18,20-21,23-25H,9-11H2/t15-,18-,20-,21-/m0/s1. The average molecular weight is 388 g/mol. The fourth-order valence-electron chi connectivity index (χ4n) is 3.57. The van der Waals surface area contributed by atoms with E-state index in [2.05, 4.69) is 6.07 Å². The quantitative estimate of drug-likeness (QED) is 0.642. The summed E-state index contributed by atoms with van der Waals surface area (Å²) in [7, 11) is 0. The number of rotatable bonds is 4. The van der Waals surface area contributed by atoms with Crippen LogP contribution in [0.4, 0.5) is 4.39 Å². The maximum absolute atomic E-state index is 14.4. The summed E-state index contributed by atoms with van der Waals surface area (Å²) in [4.78, 5) is 1.05. The molecule has 1 aliphatic rings. The summed E-state index contributed by atoms with van der Waals surface area (Å²) in [5.41, 5.74) is 1.10. The molecular weight excluding hydrogens is 367 g/mol. The highest BCUT2D eigenvalue weighted by Gasteiger charge is 2.37. The molecule has 4 rings (SSSR count). The summed E-state index contributed by atoms with van der Waals surface area (Å²) in [6.07, 6.45) is -2.85. The van der Waals surface area contributed by atoms with Crippen LogP contribution in [0.1, 0.15) is 28.5 Å². The molecule has 1 aromatic heterocycles. The summed E-state index contributed by atoms with van der Waals surface area (Å²) in [6.45, 7) is -0.240. The monoisotopic (exact) mass is 388 g/mol. The van der Waals surface area contributed by atoms with Gasteiger partial charge in [-0.15, -0.1) is 11.3 Å². The SMILES string of the molecule is OC[C@@H]1C[C@H](O)[C@H](O)[C@H](c2ccc(F)c(Cc3cc4ccccc4s3)c2)O1. The summed E-state index contributed by atoms with van der Waals surface area (Å²) in [6, 6.07) is 14.7. The Labute approximate surface area is 160 Å². The van der Waals surface area contributed by atoms with Crippen LogP contribution in [-0.2, 0) is 11.2 Å². The van der Waals surface area contributed by atoms with Gasteiger partial charge < -0.3 is 20.1 Å². The molecule has 0 aliphatic carbocycles. The highest BCUT2D eigenvalue weighted by Crippen LogP contribution is 2.34. The second-order valence-corrected chi connectivity index (χ2v) is 8.10. The van der Waals surface area contributed by atoms with Crippen LogP contribution < -0.4 is 0 Å². The van der Waals surface area contributed by atoms with Gasteiger partial charge in [0.1, 0.15) is 18.0 Å². The molecule has 4 nitrogen and oxygen atoms in total. The van der Waals surface area contributed by atoms with Gasteiger partial charge in [0.25, 0.3) is 0 Å². The van der Waals surface area contributed by atoms with Crippen LogP contribution in [0.3, 0.4) is 0 Å². The van der Waals surface area contributed by atoms with Crippen LogP contribution in [0.5, 0.6) is 0 Å². The lowest BCUT2D eigenvalue weighted by Crippen LogP contribution is -2.44. The van der Waals surface area contributed by atoms with E-state index in [0.29, 0.717) is 17.5 Å². The van der Waals surface area contributed by atoms with Crippen molar-refractivity contribution in [2.24, 2.45) is 0 Å². The number of halogens is 1. The van der Waals surface area contributed by atoms with Crippen molar-refractivity contribution in [3.8, 4) is 0 Å². The Morgan fingerprint density at radius 1 is 1.11 bits per heavy atom. The highest BCUT2D eigenvalue weighted by atomic mass is 32.1. The topological polar surface area (TPSA) is 69.9 Å². The Morgan fingerprint density at radius 3 is 2.70 bits per heavy atom. The number of aliphatic hydroxyl groups is 3. The Morgan fingerprint density at radius 2 is 1.93 bits per heavy atom. The largest absolute Gasteiger partial charge is 0.394 e. The molecule has 3 N–H and O–H groups in total. The molecule has 27 heavy (non-hydrogen) atoms. The van der Waals surface area contributed by atoms with Gasteiger partial charge in [-0.05, 0) is 40.8 Å². The first-order valence-electron chi connectivity index (χ1n) is 8.93. The van der Waals surface area contributed by atoms with Crippen molar-refractivity contribution in [3.05, 3.63) is 70.4 Å². The molecule has 6 heteroatoms. The Balaban J connectivity index is 1.62. The highest BCUT2D eigenvalue weighted by molar-refractivity contribution is 7.19. The van der Waals surface area contributed by atoms with Crippen LogP contribution >= 0.6 is 11.3 Å². The molecular formula is C21H21FO4S. The zero-order valence-corrected chi connectivity index (χ0v) is 15.4. The van der Waals surface area contributed by atoms with Gasteiger partial charge in [-0.3, -0.25) is 0 Å². The van der Waals surface area contributed by atoms with Crippen molar-refractivity contribution >= 4 is 21.4 Å². The average Bonchev–Trinajstić information content (AvgIpc) is 3.08.